The number of benzene rings is 1. The zero-order chi connectivity index (χ0) is 12.0. The molecule has 0 saturated heterocycles. The first-order valence-electron chi connectivity index (χ1n) is 4.72. The molecule has 1 aromatic carbocycles. The van der Waals surface area contributed by atoms with Crippen molar-refractivity contribution in [1.82, 2.24) is 0 Å². The van der Waals surface area contributed by atoms with Crippen LogP contribution in [0.25, 0.3) is 5.57 Å². The summed E-state index contributed by atoms with van der Waals surface area (Å²) in [5, 5.41) is 9.18. The van der Waals surface area contributed by atoms with Crippen molar-refractivity contribution in [2.45, 2.75) is 6.92 Å². The fourth-order valence-corrected chi connectivity index (χ4v) is 1.29. The molecule has 0 unspecified atom stereocenters. The summed E-state index contributed by atoms with van der Waals surface area (Å²) >= 11 is 5.73. The van der Waals surface area contributed by atoms with Crippen molar-refractivity contribution in [2.24, 2.45) is 0 Å². The Bertz CT molecular complexity index is 443. The average molecular weight is 236 g/mol. The SMILES string of the molecule is CCOC(=O)/C(=C\C#N)c1ccc(Cl)cc1. The highest BCUT2D eigenvalue weighted by Crippen LogP contribution is 2.18. The molecule has 1 aromatic rings. The lowest BCUT2D eigenvalue weighted by Gasteiger charge is -2.05. The number of rotatable bonds is 3. The molecule has 16 heavy (non-hydrogen) atoms. The summed E-state index contributed by atoms with van der Waals surface area (Å²) < 4.78 is 4.85. The smallest absolute Gasteiger partial charge is 0.339 e. The molecule has 0 aliphatic carbocycles. The van der Waals surface area contributed by atoms with E-state index < -0.39 is 5.97 Å². The summed E-state index contributed by atoms with van der Waals surface area (Å²) in [6.45, 7) is 1.99. The van der Waals surface area contributed by atoms with Crippen molar-refractivity contribution in [2.75, 3.05) is 6.61 Å². The monoisotopic (exact) mass is 235 g/mol. The Kier molecular flexibility index (Phi) is 4.56. The van der Waals surface area contributed by atoms with Crippen LogP contribution >= 0.6 is 11.6 Å². The van der Waals surface area contributed by atoms with Crippen LogP contribution in [0.4, 0.5) is 0 Å². The summed E-state index contributed by atoms with van der Waals surface area (Å²) in [5.74, 6) is -0.508. The highest BCUT2D eigenvalue weighted by molar-refractivity contribution is 6.30. The van der Waals surface area contributed by atoms with Gasteiger partial charge in [0.2, 0.25) is 0 Å². The Balaban J connectivity index is 3.05. The zero-order valence-electron chi connectivity index (χ0n) is 8.74. The third-order valence-electron chi connectivity index (χ3n) is 1.86. The topological polar surface area (TPSA) is 50.1 Å². The fourth-order valence-electron chi connectivity index (χ4n) is 1.16. The van der Waals surface area contributed by atoms with Gasteiger partial charge in [-0.2, -0.15) is 5.26 Å². The lowest BCUT2D eigenvalue weighted by atomic mass is 10.1. The number of hydrogen-bond acceptors (Lipinski definition) is 3. The quantitative estimate of drug-likeness (QED) is 0.460. The number of ether oxygens (including phenoxy) is 1. The van der Waals surface area contributed by atoms with E-state index in [0.717, 1.165) is 0 Å². The van der Waals surface area contributed by atoms with E-state index in [1.807, 2.05) is 6.07 Å². The van der Waals surface area contributed by atoms with Crippen LogP contribution in [0.2, 0.25) is 5.02 Å². The Morgan fingerprint density at radius 1 is 1.50 bits per heavy atom. The van der Waals surface area contributed by atoms with Gasteiger partial charge in [0.1, 0.15) is 0 Å². The van der Waals surface area contributed by atoms with E-state index >= 15 is 0 Å². The predicted molar refractivity (Wildman–Crippen MR) is 61.7 cm³/mol. The Morgan fingerprint density at radius 2 is 2.12 bits per heavy atom. The normalized spacial score (nSPS) is 10.7. The first-order chi connectivity index (χ1) is 7.69. The predicted octanol–water partition coefficient (Wildman–Crippen LogP) is 2.81. The average Bonchev–Trinajstić information content (AvgIpc) is 2.28. The van der Waals surface area contributed by atoms with Crippen LogP contribution < -0.4 is 0 Å². The first kappa shape index (κ1) is 12.3. The van der Waals surface area contributed by atoms with E-state index in [1.165, 1.54) is 6.08 Å². The molecule has 0 atom stereocenters. The van der Waals surface area contributed by atoms with Gasteiger partial charge in [-0.3, -0.25) is 0 Å². The minimum atomic E-state index is -0.508. The van der Waals surface area contributed by atoms with Crippen molar-refractivity contribution in [1.29, 1.82) is 5.26 Å². The second-order valence-electron chi connectivity index (χ2n) is 2.91. The molecule has 0 aliphatic heterocycles. The van der Waals surface area contributed by atoms with Crippen LogP contribution in [0, 0.1) is 11.3 Å². The third kappa shape index (κ3) is 3.11. The second kappa shape index (κ2) is 5.94. The zero-order valence-corrected chi connectivity index (χ0v) is 9.49. The van der Waals surface area contributed by atoms with Gasteiger partial charge >= 0.3 is 5.97 Å². The molecule has 4 heteroatoms. The van der Waals surface area contributed by atoms with Crippen LogP contribution in [-0.2, 0) is 9.53 Å². The van der Waals surface area contributed by atoms with Gasteiger partial charge in [-0.05, 0) is 24.6 Å². The summed E-state index contributed by atoms with van der Waals surface area (Å²) in [6.07, 6.45) is 1.17. The molecule has 0 bridgehead atoms. The number of esters is 1. The van der Waals surface area contributed by atoms with Crippen molar-refractivity contribution < 1.29 is 9.53 Å². The van der Waals surface area contributed by atoms with Crippen LogP contribution in [0.15, 0.2) is 30.3 Å². The maximum absolute atomic E-state index is 11.5. The summed E-state index contributed by atoms with van der Waals surface area (Å²) in [6, 6.07) is 8.47. The maximum Gasteiger partial charge on any atom is 0.339 e. The molecule has 1 rings (SSSR count). The Hall–Kier alpha value is -1.79. The van der Waals surface area contributed by atoms with Gasteiger partial charge in [-0.25, -0.2) is 4.79 Å². The lowest BCUT2D eigenvalue weighted by molar-refractivity contribution is -0.136. The summed E-state index contributed by atoms with van der Waals surface area (Å²) in [7, 11) is 0. The molecular formula is C12H10ClNO2. The van der Waals surface area contributed by atoms with Gasteiger partial charge in [0.25, 0.3) is 0 Å². The summed E-state index contributed by atoms with van der Waals surface area (Å²) in [5.41, 5.74) is 0.852. The summed E-state index contributed by atoms with van der Waals surface area (Å²) in [4.78, 5) is 11.5. The third-order valence-corrected chi connectivity index (χ3v) is 2.11. The highest BCUT2D eigenvalue weighted by atomic mass is 35.5. The second-order valence-corrected chi connectivity index (χ2v) is 3.35. The minimum absolute atomic E-state index is 0.237. The molecule has 82 valence electrons. The first-order valence-corrected chi connectivity index (χ1v) is 5.09. The van der Waals surface area contributed by atoms with E-state index in [4.69, 9.17) is 21.6 Å². The van der Waals surface area contributed by atoms with Crippen LogP contribution in [0.3, 0.4) is 0 Å². The standard InChI is InChI=1S/C12H10ClNO2/c1-2-16-12(15)11(7-8-14)9-3-5-10(13)6-4-9/h3-7H,2H2,1H3/b11-7-. The molecule has 0 N–H and O–H groups in total. The van der Waals surface area contributed by atoms with Gasteiger partial charge in [-0.1, -0.05) is 23.7 Å². The Labute approximate surface area is 98.9 Å². The molecule has 0 heterocycles. The van der Waals surface area contributed by atoms with Crippen molar-refractivity contribution in [3.05, 3.63) is 40.9 Å². The van der Waals surface area contributed by atoms with Crippen molar-refractivity contribution >= 4 is 23.1 Å². The molecule has 0 fully saturated rings. The van der Waals surface area contributed by atoms with Gasteiger partial charge in [0.15, 0.2) is 0 Å². The van der Waals surface area contributed by atoms with E-state index in [0.29, 0.717) is 10.6 Å². The molecule has 0 aromatic heterocycles. The Morgan fingerprint density at radius 3 is 2.62 bits per heavy atom. The molecule has 0 amide bonds. The molecule has 0 radical (unpaired) electrons. The number of carbonyl (C=O) groups excluding carboxylic acids is 1. The van der Waals surface area contributed by atoms with E-state index in [9.17, 15) is 4.79 Å². The van der Waals surface area contributed by atoms with Gasteiger partial charge in [-0.15, -0.1) is 0 Å². The number of halogens is 1. The number of carbonyl (C=O) groups is 1. The van der Waals surface area contributed by atoms with Gasteiger partial charge in [0, 0.05) is 11.1 Å². The van der Waals surface area contributed by atoms with Crippen LogP contribution in [-0.4, -0.2) is 12.6 Å². The van der Waals surface area contributed by atoms with E-state index in [2.05, 4.69) is 0 Å². The van der Waals surface area contributed by atoms with Crippen molar-refractivity contribution in [3.63, 3.8) is 0 Å². The minimum Gasteiger partial charge on any atom is -0.462 e. The highest BCUT2D eigenvalue weighted by Gasteiger charge is 2.12. The largest absolute Gasteiger partial charge is 0.462 e. The van der Waals surface area contributed by atoms with Gasteiger partial charge in [0.05, 0.1) is 18.2 Å². The van der Waals surface area contributed by atoms with E-state index in [1.54, 1.807) is 31.2 Å². The van der Waals surface area contributed by atoms with Gasteiger partial charge < -0.3 is 4.74 Å². The molecule has 0 saturated carbocycles. The van der Waals surface area contributed by atoms with E-state index in [-0.39, 0.29) is 12.2 Å². The molecule has 0 spiro atoms. The fraction of sp³-hybridized carbons (Fsp3) is 0.167. The van der Waals surface area contributed by atoms with Crippen LogP contribution in [0.5, 0.6) is 0 Å². The molecular weight excluding hydrogens is 226 g/mol. The number of allylic oxidation sites excluding steroid dienone is 1. The number of nitriles is 1. The van der Waals surface area contributed by atoms with Crippen molar-refractivity contribution in [3.8, 4) is 6.07 Å². The number of nitrogens with zero attached hydrogens (tertiary/aromatic N) is 1. The number of hydrogen-bond donors (Lipinski definition) is 0. The van der Waals surface area contributed by atoms with Crippen LogP contribution in [0.1, 0.15) is 12.5 Å². The lowest BCUT2D eigenvalue weighted by Crippen LogP contribution is -2.06. The molecule has 3 nitrogen and oxygen atoms in total. The maximum atomic E-state index is 11.5. The molecule has 0 aliphatic rings.